The third-order valence-corrected chi connectivity index (χ3v) is 3.44. The van der Waals surface area contributed by atoms with Crippen LogP contribution in [0.5, 0.6) is 5.19 Å². The largest absolute Gasteiger partial charge is 0.473 e. The van der Waals surface area contributed by atoms with Crippen LogP contribution in [0.2, 0.25) is 0 Å². The SMILES string of the molecule is CCC.CCc1cc(-c2cnc(OC)s2)cc(C(N)=O)n1. The average Bonchev–Trinajstić information content (AvgIpc) is 2.96. The zero-order valence-corrected chi connectivity index (χ0v) is 13.7. The maximum absolute atomic E-state index is 11.2. The molecule has 0 radical (unpaired) electrons. The van der Waals surface area contributed by atoms with Crippen LogP contribution in [0, 0.1) is 0 Å². The summed E-state index contributed by atoms with van der Waals surface area (Å²) in [6, 6.07) is 3.60. The van der Waals surface area contributed by atoms with Gasteiger partial charge in [-0.15, -0.1) is 0 Å². The molecule has 0 saturated heterocycles. The number of hydrogen-bond acceptors (Lipinski definition) is 5. The van der Waals surface area contributed by atoms with E-state index < -0.39 is 5.91 Å². The summed E-state index contributed by atoms with van der Waals surface area (Å²) in [6.07, 6.45) is 3.70. The smallest absolute Gasteiger partial charge is 0.273 e. The molecule has 21 heavy (non-hydrogen) atoms. The quantitative estimate of drug-likeness (QED) is 0.940. The molecule has 0 aliphatic rings. The van der Waals surface area contributed by atoms with Gasteiger partial charge in [-0.1, -0.05) is 38.5 Å². The van der Waals surface area contributed by atoms with E-state index in [0.717, 1.165) is 22.6 Å². The number of ether oxygens (including phenoxy) is 1. The first kappa shape index (κ1) is 17.1. The number of nitrogens with zero attached hydrogens (tertiary/aromatic N) is 2. The van der Waals surface area contributed by atoms with Crippen LogP contribution in [0.1, 0.15) is 43.4 Å². The maximum atomic E-state index is 11.2. The van der Waals surface area contributed by atoms with E-state index in [9.17, 15) is 4.79 Å². The van der Waals surface area contributed by atoms with Crippen molar-refractivity contribution >= 4 is 17.2 Å². The monoisotopic (exact) mass is 307 g/mol. The molecule has 2 N–H and O–H groups in total. The predicted octanol–water partition coefficient (Wildman–Crippen LogP) is 3.29. The molecule has 5 nitrogen and oxygen atoms in total. The molecule has 0 aromatic carbocycles. The summed E-state index contributed by atoms with van der Waals surface area (Å²) >= 11 is 1.41. The fourth-order valence-electron chi connectivity index (χ4n) is 1.52. The van der Waals surface area contributed by atoms with E-state index in [1.807, 2.05) is 13.0 Å². The van der Waals surface area contributed by atoms with E-state index in [1.165, 1.54) is 17.8 Å². The van der Waals surface area contributed by atoms with E-state index in [1.54, 1.807) is 19.4 Å². The van der Waals surface area contributed by atoms with Crippen molar-refractivity contribution in [2.24, 2.45) is 5.73 Å². The molecule has 0 aliphatic heterocycles. The minimum atomic E-state index is -0.525. The second-order valence-electron chi connectivity index (χ2n) is 4.35. The lowest BCUT2D eigenvalue weighted by atomic mass is 10.1. The Bertz CT molecular complexity index is 596. The van der Waals surface area contributed by atoms with E-state index >= 15 is 0 Å². The Morgan fingerprint density at radius 2 is 2.00 bits per heavy atom. The summed E-state index contributed by atoms with van der Waals surface area (Å²) in [7, 11) is 1.57. The molecule has 0 spiro atoms. The first-order valence-corrected chi connectivity index (χ1v) is 7.68. The van der Waals surface area contributed by atoms with Gasteiger partial charge in [0.1, 0.15) is 5.69 Å². The first-order valence-electron chi connectivity index (χ1n) is 6.86. The van der Waals surface area contributed by atoms with Gasteiger partial charge < -0.3 is 10.5 Å². The summed E-state index contributed by atoms with van der Waals surface area (Å²) in [5.41, 5.74) is 7.27. The van der Waals surface area contributed by atoms with Gasteiger partial charge in [-0.05, 0) is 24.1 Å². The van der Waals surface area contributed by atoms with Gasteiger partial charge in [0.2, 0.25) is 0 Å². The predicted molar refractivity (Wildman–Crippen MR) is 85.8 cm³/mol. The van der Waals surface area contributed by atoms with Crippen LogP contribution in [-0.4, -0.2) is 23.0 Å². The van der Waals surface area contributed by atoms with E-state index in [2.05, 4.69) is 23.8 Å². The molecular formula is C15H21N3O2S. The molecule has 114 valence electrons. The molecule has 0 fully saturated rings. The number of thiazole rings is 1. The molecular weight excluding hydrogens is 286 g/mol. The van der Waals surface area contributed by atoms with Crippen molar-refractivity contribution in [3.05, 3.63) is 29.7 Å². The van der Waals surface area contributed by atoms with Crippen LogP contribution < -0.4 is 10.5 Å². The average molecular weight is 307 g/mol. The fourth-order valence-corrected chi connectivity index (χ4v) is 2.24. The van der Waals surface area contributed by atoms with Crippen molar-refractivity contribution in [3.63, 3.8) is 0 Å². The summed E-state index contributed by atoms with van der Waals surface area (Å²) < 4.78 is 5.05. The van der Waals surface area contributed by atoms with Gasteiger partial charge >= 0.3 is 0 Å². The van der Waals surface area contributed by atoms with Crippen LogP contribution >= 0.6 is 11.3 Å². The normalized spacial score (nSPS) is 9.71. The van der Waals surface area contributed by atoms with E-state index in [4.69, 9.17) is 10.5 Å². The Hall–Kier alpha value is -1.95. The Balaban J connectivity index is 0.000000677. The lowest BCUT2D eigenvalue weighted by molar-refractivity contribution is 0.0995. The van der Waals surface area contributed by atoms with Gasteiger partial charge in [0.15, 0.2) is 0 Å². The summed E-state index contributed by atoms with van der Waals surface area (Å²) in [5, 5.41) is 0.584. The number of aromatic nitrogens is 2. The molecule has 2 aromatic rings. The molecule has 0 bridgehead atoms. The molecule has 2 aromatic heterocycles. The van der Waals surface area contributed by atoms with Gasteiger partial charge in [-0.25, -0.2) is 9.97 Å². The van der Waals surface area contributed by atoms with Crippen molar-refractivity contribution in [2.75, 3.05) is 7.11 Å². The molecule has 1 amide bonds. The number of carbonyl (C=O) groups excluding carboxylic acids is 1. The fraction of sp³-hybridized carbons (Fsp3) is 0.400. The van der Waals surface area contributed by atoms with Crippen LogP contribution in [0.25, 0.3) is 10.4 Å². The Labute approximate surface area is 129 Å². The van der Waals surface area contributed by atoms with Gasteiger partial charge in [-0.2, -0.15) is 0 Å². The highest BCUT2D eigenvalue weighted by Gasteiger charge is 2.10. The Morgan fingerprint density at radius 1 is 1.33 bits per heavy atom. The van der Waals surface area contributed by atoms with Crippen molar-refractivity contribution in [1.82, 2.24) is 9.97 Å². The zero-order chi connectivity index (χ0) is 15.8. The summed E-state index contributed by atoms with van der Waals surface area (Å²) in [6.45, 7) is 6.23. The number of hydrogen-bond donors (Lipinski definition) is 1. The maximum Gasteiger partial charge on any atom is 0.273 e. The summed E-state index contributed by atoms with van der Waals surface area (Å²) in [5.74, 6) is -0.525. The topological polar surface area (TPSA) is 78.1 Å². The second kappa shape index (κ2) is 8.36. The molecule has 6 heteroatoms. The first-order chi connectivity index (χ1) is 10.0. The molecule has 2 rings (SSSR count). The molecule has 0 aliphatic carbocycles. The lowest BCUT2D eigenvalue weighted by Gasteiger charge is -2.03. The zero-order valence-electron chi connectivity index (χ0n) is 12.8. The highest BCUT2D eigenvalue weighted by molar-refractivity contribution is 7.16. The van der Waals surface area contributed by atoms with Crippen LogP contribution in [0.4, 0.5) is 0 Å². The number of pyridine rings is 1. The number of carbonyl (C=O) groups is 1. The van der Waals surface area contributed by atoms with Crippen LogP contribution in [0.3, 0.4) is 0 Å². The van der Waals surface area contributed by atoms with Gasteiger partial charge in [0, 0.05) is 11.9 Å². The van der Waals surface area contributed by atoms with Crippen LogP contribution in [-0.2, 0) is 6.42 Å². The molecule has 0 atom stereocenters. The Morgan fingerprint density at radius 3 is 2.48 bits per heavy atom. The van der Waals surface area contributed by atoms with Gasteiger partial charge in [0.25, 0.3) is 11.1 Å². The van der Waals surface area contributed by atoms with Gasteiger partial charge in [-0.3, -0.25) is 4.79 Å². The number of aryl methyl sites for hydroxylation is 1. The Kier molecular flexibility index (Phi) is 6.81. The van der Waals surface area contributed by atoms with Crippen molar-refractivity contribution < 1.29 is 9.53 Å². The second-order valence-corrected chi connectivity index (χ2v) is 5.35. The number of rotatable bonds is 4. The van der Waals surface area contributed by atoms with E-state index in [-0.39, 0.29) is 5.69 Å². The third kappa shape index (κ3) is 4.82. The van der Waals surface area contributed by atoms with E-state index in [0.29, 0.717) is 5.19 Å². The van der Waals surface area contributed by atoms with Gasteiger partial charge in [0.05, 0.1) is 12.0 Å². The van der Waals surface area contributed by atoms with Crippen molar-refractivity contribution in [2.45, 2.75) is 33.6 Å². The minimum absolute atomic E-state index is 0.275. The minimum Gasteiger partial charge on any atom is -0.473 e. The number of nitrogens with two attached hydrogens (primary N) is 1. The van der Waals surface area contributed by atoms with Crippen molar-refractivity contribution in [3.8, 4) is 15.6 Å². The van der Waals surface area contributed by atoms with Crippen molar-refractivity contribution in [1.29, 1.82) is 0 Å². The highest BCUT2D eigenvalue weighted by atomic mass is 32.1. The molecule has 0 saturated carbocycles. The number of primary amides is 1. The molecule has 2 heterocycles. The van der Waals surface area contributed by atoms with Crippen LogP contribution in [0.15, 0.2) is 18.3 Å². The number of amides is 1. The summed E-state index contributed by atoms with van der Waals surface area (Å²) in [4.78, 5) is 20.4. The third-order valence-electron chi connectivity index (χ3n) is 2.44. The lowest BCUT2D eigenvalue weighted by Crippen LogP contribution is -2.14. The molecule has 0 unspecified atom stereocenters. The highest BCUT2D eigenvalue weighted by Crippen LogP contribution is 2.30. The standard InChI is InChI=1S/C12H13N3O2S.C3H8/c1-3-8-4-7(5-9(15-8)11(13)16)10-6-14-12(17-2)18-10;1-3-2/h4-6H,3H2,1-2H3,(H2,13,16);3H2,1-2H3. The number of methoxy groups -OCH3 is 1.